The summed E-state index contributed by atoms with van der Waals surface area (Å²) in [4.78, 5) is 10.2. The van der Waals surface area contributed by atoms with Crippen LogP contribution in [-0.2, 0) is 4.79 Å². The van der Waals surface area contributed by atoms with Crippen molar-refractivity contribution in [1.82, 2.24) is 0 Å². The highest BCUT2D eigenvalue weighted by molar-refractivity contribution is 9.09. The van der Waals surface area contributed by atoms with Crippen LogP contribution in [-0.4, -0.2) is 21.3 Å². The number of rotatable bonds is 2. The van der Waals surface area contributed by atoms with Gasteiger partial charge in [0.05, 0.1) is 0 Å². The Labute approximate surface area is 61.0 Å². The monoisotopic (exact) mass is 200 g/mol. The van der Waals surface area contributed by atoms with E-state index in [4.69, 9.17) is 16.7 Å². The minimum Gasteiger partial charge on any atom is -0.380 e. The molecule has 0 rings (SSSR count). The van der Waals surface area contributed by atoms with Crippen molar-refractivity contribution in [2.75, 3.05) is 5.33 Å². The third kappa shape index (κ3) is 2.11. The molecular formula is C4H6BrClO2. The van der Waals surface area contributed by atoms with Gasteiger partial charge in [-0.1, -0.05) is 15.9 Å². The maximum atomic E-state index is 10.2. The lowest BCUT2D eigenvalue weighted by Gasteiger charge is -2.12. The largest absolute Gasteiger partial charge is 0.380 e. The van der Waals surface area contributed by atoms with E-state index in [1.54, 1.807) is 0 Å². The van der Waals surface area contributed by atoms with Crippen LogP contribution < -0.4 is 0 Å². The Morgan fingerprint density at radius 3 is 2.38 bits per heavy atom. The highest BCUT2D eigenvalue weighted by atomic mass is 79.9. The second-order valence-electron chi connectivity index (χ2n) is 1.68. The molecule has 0 amide bonds. The molecule has 0 aromatic carbocycles. The van der Waals surface area contributed by atoms with Crippen LogP contribution in [0.5, 0.6) is 0 Å². The molecule has 48 valence electrons. The summed E-state index contributed by atoms with van der Waals surface area (Å²) >= 11 is 7.87. The second kappa shape index (κ2) is 2.80. The van der Waals surface area contributed by atoms with Crippen molar-refractivity contribution < 1.29 is 9.90 Å². The van der Waals surface area contributed by atoms with Gasteiger partial charge in [-0.15, -0.1) is 0 Å². The zero-order chi connectivity index (χ0) is 6.78. The van der Waals surface area contributed by atoms with Crippen LogP contribution in [0.4, 0.5) is 0 Å². The molecule has 0 aromatic heterocycles. The topological polar surface area (TPSA) is 37.3 Å². The van der Waals surface area contributed by atoms with Gasteiger partial charge in [-0.3, -0.25) is 4.79 Å². The van der Waals surface area contributed by atoms with E-state index in [1.807, 2.05) is 0 Å². The van der Waals surface area contributed by atoms with Crippen LogP contribution in [0.2, 0.25) is 0 Å². The third-order valence-electron chi connectivity index (χ3n) is 0.684. The Morgan fingerprint density at radius 2 is 2.38 bits per heavy atom. The molecule has 1 unspecified atom stereocenters. The molecule has 4 heteroatoms. The van der Waals surface area contributed by atoms with Gasteiger partial charge in [0.1, 0.15) is 5.60 Å². The summed E-state index contributed by atoms with van der Waals surface area (Å²) in [6.45, 7) is 1.34. The molecule has 0 spiro atoms. The second-order valence-corrected chi connectivity index (χ2v) is 2.59. The number of carbonyl (C=O) groups is 1. The zero-order valence-electron chi connectivity index (χ0n) is 4.32. The van der Waals surface area contributed by atoms with Crippen LogP contribution in [0, 0.1) is 0 Å². The van der Waals surface area contributed by atoms with E-state index in [0.29, 0.717) is 0 Å². The van der Waals surface area contributed by atoms with Crippen molar-refractivity contribution >= 4 is 32.8 Å². The zero-order valence-corrected chi connectivity index (χ0v) is 6.66. The maximum Gasteiger partial charge on any atom is 0.253 e. The maximum absolute atomic E-state index is 10.2. The Balaban J connectivity index is 3.91. The van der Waals surface area contributed by atoms with Gasteiger partial charge in [0.15, 0.2) is 0 Å². The van der Waals surface area contributed by atoms with Crippen molar-refractivity contribution in [2.45, 2.75) is 12.5 Å². The number of hydrogen-bond acceptors (Lipinski definition) is 2. The van der Waals surface area contributed by atoms with Crippen molar-refractivity contribution in [2.24, 2.45) is 0 Å². The van der Waals surface area contributed by atoms with Gasteiger partial charge in [0.25, 0.3) is 5.24 Å². The molecule has 0 saturated heterocycles. The number of alkyl halides is 1. The summed E-state index contributed by atoms with van der Waals surface area (Å²) in [6.07, 6.45) is 0. The number of aliphatic hydroxyl groups is 1. The Morgan fingerprint density at radius 1 is 2.00 bits per heavy atom. The van der Waals surface area contributed by atoms with Crippen LogP contribution in [0.1, 0.15) is 6.92 Å². The van der Waals surface area contributed by atoms with Gasteiger partial charge >= 0.3 is 0 Å². The number of hydrogen-bond donors (Lipinski definition) is 1. The lowest BCUT2D eigenvalue weighted by atomic mass is 10.2. The first-order valence-electron chi connectivity index (χ1n) is 1.99. The van der Waals surface area contributed by atoms with Crippen LogP contribution in [0.3, 0.4) is 0 Å². The predicted molar refractivity (Wildman–Crippen MR) is 35.3 cm³/mol. The minimum atomic E-state index is -1.42. The molecule has 2 nitrogen and oxygen atoms in total. The standard InChI is InChI=1S/C4H6BrClO2/c1-4(8,2-5)3(6)7/h8H,2H2,1H3. The fraction of sp³-hybridized carbons (Fsp3) is 0.750. The average molecular weight is 201 g/mol. The van der Waals surface area contributed by atoms with Crippen LogP contribution >= 0.6 is 27.5 Å². The molecule has 0 bridgehead atoms. The normalized spacial score (nSPS) is 17.5. The SMILES string of the molecule is CC(O)(CBr)C(=O)Cl. The molecule has 1 N–H and O–H groups in total. The molecule has 0 saturated carbocycles. The molecule has 0 fully saturated rings. The van der Waals surface area contributed by atoms with E-state index in [9.17, 15) is 4.79 Å². The Bertz CT molecular complexity index is 102. The summed E-state index contributed by atoms with van der Waals surface area (Å²) in [6, 6.07) is 0. The molecular weight excluding hydrogens is 195 g/mol. The molecule has 8 heavy (non-hydrogen) atoms. The van der Waals surface area contributed by atoms with Crippen LogP contribution in [0.25, 0.3) is 0 Å². The smallest absolute Gasteiger partial charge is 0.253 e. The summed E-state index contributed by atoms with van der Waals surface area (Å²) in [5, 5.41) is 8.30. The molecule has 0 aliphatic heterocycles. The highest BCUT2D eigenvalue weighted by Gasteiger charge is 2.26. The first kappa shape index (κ1) is 8.40. The van der Waals surface area contributed by atoms with E-state index in [0.717, 1.165) is 0 Å². The summed E-state index contributed by atoms with van der Waals surface area (Å²) in [5.41, 5.74) is -1.42. The van der Waals surface area contributed by atoms with Gasteiger partial charge in [0, 0.05) is 5.33 Å². The number of halogens is 2. The fourth-order valence-electron chi connectivity index (χ4n) is 0.0525. The van der Waals surface area contributed by atoms with E-state index >= 15 is 0 Å². The molecule has 1 atom stereocenters. The van der Waals surface area contributed by atoms with Gasteiger partial charge < -0.3 is 5.11 Å². The quantitative estimate of drug-likeness (QED) is 0.532. The van der Waals surface area contributed by atoms with E-state index in [1.165, 1.54) is 6.92 Å². The van der Waals surface area contributed by atoms with E-state index < -0.39 is 10.8 Å². The van der Waals surface area contributed by atoms with Gasteiger partial charge in [0.2, 0.25) is 0 Å². The van der Waals surface area contributed by atoms with Crippen molar-refractivity contribution in [3.8, 4) is 0 Å². The summed E-state index contributed by atoms with van der Waals surface area (Å²) in [5.74, 6) is 0. The Kier molecular flexibility index (Phi) is 2.94. The summed E-state index contributed by atoms with van der Waals surface area (Å²) < 4.78 is 0. The first-order chi connectivity index (χ1) is 3.50. The average Bonchev–Trinajstić information content (AvgIpc) is 1.67. The number of carbonyl (C=O) groups excluding carboxylic acids is 1. The van der Waals surface area contributed by atoms with Crippen LogP contribution in [0.15, 0.2) is 0 Å². The lowest BCUT2D eigenvalue weighted by Crippen LogP contribution is -2.33. The van der Waals surface area contributed by atoms with E-state index in [-0.39, 0.29) is 5.33 Å². The molecule has 0 aliphatic carbocycles. The summed E-state index contributed by atoms with van der Waals surface area (Å²) in [7, 11) is 0. The van der Waals surface area contributed by atoms with Gasteiger partial charge in [-0.05, 0) is 18.5 Å². The predicted octanol–water partition coefficient (Wildman–Crippen LogP) is 0.898. The Hall–Kier alpha value is 0.400. The fourth-order valence-corrected chi connectivity index (χ4v) is 0.535. The molecule has 0 aromatic rings. The first-order valence-corrected chi connectivity index (χ1v) is 3.49. The lowest BCUT2D eigenvalue weighted by molar-refractivity contribution is -0.124. The van der Waals surface area contributed by atoms with Crippen molar-refractivity contribution in [3.05, 3.63) is 0 Å². The molecule has 0 radical (unpaired) electrons. The highest BCUT2D eigenvalue weighted by Crippen LogP contribution is 2.10. The molecule has 0 heterocycles. The van der Waals surface area contributed by atoms with E-state index in [2.05, 4.69) is 15.9 Å². The van der Waals surface area contributed by atoms with Gasteiger partial charge in [-0.25, -0.2) is 0 Å². The van der Waals surface area contributed by atoms with Crippen molar-refractivity contribution in [1.29, 1.82) is 0 Å². The van der Waals surface area contributed by atoms with Gasteiger partial charge in [-0.2, -0.15) is 0 Å². The molecule has 0 aliphatic rings. The van der Waals surface area contributed by atoms with Crippen molar-refractivity contribution in [3.63, 3.8) is 0 Å². The minimum absolute atomic E-state index is 0.169. The third-order valence-corrected chi connectivity index (χ3v) is 2.18.